The van der Waals surface area contributed by atoms with Gasteiger partial charge in [-0.05, 0) is 111 Å². The lowest BCUT2D eigenvalue weighted by Gasteiger charge is -2.67. The van der Waals surface area contributed by atoms with Crippen LogP contribution in [-0.2, 0) is 4.79 Å². The van der Waals surface area contributed by atoms with E-state index in [-0.39, 0.29) is 11.5 Å². The van der Waals surface area contributed by atoms with Crippen molar-refractivity contribution in [3.05, 3.63) is 23.3 Å². The molecule has 0 aromatic carbocycles. The van der Waals surface area contributed by atoms with Crippen LogP contribution in [0.3, 0.4) is 0 Å². The van der Waals surface area contributed by atoms with Crippen molar-refractivity contribution in [1.82, 2.24) is 0 Å². The van der Waals surface area contributed by atoms with Crippen molar-refractivity contribution in [2.45, 2.75) is 112 Å². The minimum Gasteiger partial charge on any atom is -0.392 e. The third kappa shape index (κ3) is 3.60. The van der Waals surface area contributed by atoms with Crippen LogP contribution in [0.25, 0.3) is 0 Å². The smallest absolute Gasteiger partial charge is 0.145 e. The Morgan fingerprint density at radius 1 is 1.06 bits per heavy atom. The molecule has 174 valence electrons. The predicted molar refractivity (Wildman–Crippen MR) is 129 cm³/mol. The Labute approximate surface area is 191 Å². The zero-order valence-corrected chi connectivity index (χ0v) is 21.0. The number of aliphatic hydroxyl groups is 1. The van der Waals surface area contributed by atoms with E-state index in [1.807, 2.05) is 6.92 Å². The molecule has 2 nitrogen and oxygen atoms in total. The van der Waals surface area contributed by atoms with Crippen molar-refractivity contribution in [1.29, 1.82) is 0 Å². The Morgan fingerprint density at radius 3 is 2.52 bits per heavy atom. The zero-order valence-electron chi connectivity index (χ0n) is 21.0. The summed E-state index contributed by atoms with van der Waals surface area (Å²) < 4.78 is 0. The fourth-order valence-electron chi connectivity index (χ4n) is 8.61. The third-order valence-electron chi connectivity index (χ3n) is 11.2. The van der Waals surface area contributed by atoms with E-state index < -0.39 is 0 Å². The fourth-order valence-corrected chi connectivity index (χ4v) is 8.61. The van der Waals surface area contributed by atoms with E-state index in [0.717, 1.165) is 36.5 Å². The molecule has 0 unspecified atom stereocenters. The number of allylic oxidation sites excluding steroid dienone is 3. The summed E-state index contributed by atoms with van der Waals surface area (Å²) in [5.41, 5.74) is 3.63. The number of aliphatic hydroxyl groups excluding tert-OH is 1. The second kappa shape index (κ2) is 7.86. The first-order valence-electron chi connectivity index (χ1n) is 13.0. The topological polar surface area (TPSA) is 37.3 Å². The molecule has 4 rings (SSSR count). The van der Waals surface area contributed by atoms with Crippen LogP contribution in [-0.4, -0.2) is 17.5 Å². The largest absolute Gasteiger partial charge is 0.392 e. The molecule has 0 bridgehead atoms. The van der Waals surface area contributed by atoms with Crippen molar-refractivity contribution in [2.75, 3.05) is 0 Å². The summed E-state index contributed by atoms with van der Waals surface area (Å²) in [5.74, 6) is 2.28. The number of carbonyl (C=O) groups is 1. The van der Waals surface area contributed by atoms with Gasteiger partial charge < -0.3 is 5.11 Å². The summed E-state index contributed by atoms with van der Waals surface area (Å²) in [6.45, 7) is 14.3. The summed E-state index contributed by atoms with van der Waals surface area (Å²) in [6.07, 6.45) is 17.9. The van der Waals surface area contributed by atoms with Crippen LogP contribution in [0.15, 0.2) is 23.3 Å². The van der Waals surface area contributed by atoms with Gasteiger partial charge in [0.25, 0.3) is 0 Å². The van der Waals surface area contributed by atoms with Gasteiger partial charge in [-0.15, -0.1) is 0 Å². The Bertz CT molecular complexity index is 776. The number of hydrogen-bond acceptors (Lipinski definition) is 2. The molecule has 4 aliphatic rings. The summed E-state index contributed by atoms with van der Waals surface area (Å²) in [6, 6.07) is 0. The Balaban J connectivity index is 1.56. The zero-order chi connectivity index (χ0) is 22.7. The number of carbonyl (C=O) groups excluding carboxylic acids is 1. The lowest BCUT2D eigenvalue weighted by molar-refractivity contribution is -0.153. The molecule has 0 spiro atoms. The van der Waals surface area contributed by atoms with Gasteiger partial charge in [0.05, 0.1) is 6.10 Å². The molecule has 0 amide bonds. The van der Waals surface area contributed by atoms with Crippen LogP contribution < -0.4 is 0 Å². The third-order valence-corrected chi connectivity index (χ3v) is 11.2. The van der Waals surface area contributed by atoms with Gasteiger partial charge in [0.2, 0.25) is 0 Å². The monoisotopic (exact) mass is 426 g/mol. The van der Waals surface area contributed by atoms with Crippen molar-refractivity contribution < 1.29 is 9.90 Å². The van der Waals surface area contributed by atoms with Gasteiger partial charge in [-0.3, -0.25) is 4.79 Å². The average Bonchev–Trinajstić information content (AvgIpc) is 2.71. The van der Waals surface area contributed by atoms with Crippen LogP contribution in [0.5, 0.6) is 0 Å². The van der Waals surface area contributed by atoms with E-state index >= 15 is 0 Å². The molecule has 0 saturated heterocycles. The van der Waals surface area contributed by atoms with Gasteiger partial charge in [0, 0.05) is 5.41 Å². The molecule has 31 heavy (non-hydrogen) atoms. The molecule has 3 fully saturated rings. The van der Waals surface area contributed by atoms with E-state index in [1.165, 1.54) is 51.4 Å². The Hall–Kier alpha value is -0.890. The first kappa shape index (κ1) is 23.3. The van der Waals surface area contributed by atoms with Crippen molar-refractivity contribution in [2.24, 2.45) is 39.4 Å². The molecule has 0 aromatic rings. The van der Waals surface area contributed by atoms with E-state index in [2.05, 4.69) is 46.8 Å². The number of fused-ring (bicyclic) bond motifs is 5. The standard InChI is InChI=1S/C29H46O2/c1-20(19-30)8-7-14-27(4)16-17-28(5)21(18-27)9-11-24-22-10-12-25(31)26(2,3)23(22)13-15-29(24,28)6/h8,13,19,21-22,24-25,31H,7,9-12,14-18H2,1-6H3/b20-8+/t21-,22+,24-,25+,27-,28-,29-/m1/s1. The number of hydrogen-bond donors (Lipinski definition) is 1. The Kier molecular flexibility index (Phi) is 5.90. The molecule has 0 heterocycles. The molecule has 3 saturated carbocycles. The van der Waals surface area contributed by atoms with Crippen LogP contribution in [0.2, 0.25) is 0 Å². The van der Waals surface area contributed by atoms with Gasteiger partial charge in [-0.25, -0.2) is 0 Å². The first-order valence-corrected chi connectivity index (χ1v) is 13.0. The Morgan fingerprint density at radius 2 is 1.81 bits per heavy atom. The molecule has 0 aromatic heterocycles. The molecular weight excluding hydrogens is 380 g/mol. The van der Waals surface area contributed by atoms with Gasteiger partial charge in [-0.1, -0.05) is 52.3 Å². The highest BCUT2D eigenvalue weighted by molar-refractivity contribution is 5.71. The lowest BCUT2D eigenvalue weighted by Crippen LogP contribution is -2.59. The van der Waals surface area contributed by atoms with Crippen molar-refractivity contribution in [3.63, 3.8) is 0 Å². The van der Waals surface area contributed by atoms with Crippen LogP contribution >= 0.6 is 0 Å². The van der Waals surface area contributed by atoms with E-state index in [0.29, 0.717) is 22.2 Å². The molecule has 1 N–H and O–H groups in total. The van der Waals surface area contributed by atoms with Crippen molar-refractivity contribution >= 4 is 6.29 Å². The summed E-state index contributed by atoms with van der Waals surface area (Å²) >= 11 is 0. The average molecular weight is 427 g/mol. The van der Waals surface area contributed by atoms with Gasteiger partial charge >= 0.3 is 0 Å². The minimum absolute atomic E-state index is 0.0553. The molecule has 7 atom stereocenters. The number of aldehydes is 1. The van der Waals surface area contributed by atoms with E-state index in [9.17, 15) is 9.90 Å². The highest BCUT2D eigenvalue weighted by Gasteiger charge is 2.62. The predicted octanol–water partition coefficient (Wildman–Crippen LogP) is 7.27. The highest BCUT2D eigenvalue weighted by atomic mass is 16.3. The highest BCUT2D eigenvalue weighted by Crippen LogP contribution is 2.70. The number of rotatable bonds is 4. The summed E-state index contributed by atoms with van der Waals surface area (Å²) in [7, 11) is 0. The molecular formula is C29H46O2. The SMILES string of the molecule is C/C(C=O)=C\CC[C@]1(C)CC[C@]2(C)[C@H](CC[C@@H]3[C@H]4CC[C@H](O)C(C)(C)C4=CC[C@]32C)C1. The van der Waals surface area contributed by atoms with Gasteiger partial charge in [0.1, 0.15) is 6.29 Å². The second-order valence-corrected chi connectivity index (χ2v) is 13.1. The van der Waals surface area contributed by atoms with Gasteiger partial charge in [0.15, 0.2) is 0 Å². The normalized spacial score (nSPS) is 46.9. The molecule has 2 heteroatoms. The molecule has 4 aliphatic carbocycles. The maximum atomic E-state index is 10.9. The van der Waals surface area contributed by atoms with Gasteiger partial charge in [-0.2, -0.15) is 0 Å². The van der Waals surface area contributed by atoms with Crippen LogP contribution in [0, 0.1) is 39.4 Å². The van der Waals surface area contributed by atoms with Crippen LogP contribution in [0.4, 0.5) is 0 Å². The maximum absolute atomic E-state index is 10.9. The fraction of sp³-hybridized carbons (Fsp3) is 0.828. The molecule has 0 aliphatic heterocycles. The van der Waals surface area contributed by atoms with E-state index in [4.69, 9.17) is 0 Å². The lowest BCUT2D eigenvalue weighted by atomic mass is 9.38. The summed E-state index contributed by atoms with van der Waals surface area (Å²) in [5, 5.41) is 10.7. The minimum atomic E-state index is -0.182. The van der Waals surface area contributed by atoms with Crippen LogP contribution in [0.1, 0.15) is 106 Å². The maximum Gasteiger partial charge on any atom is 0.145 e. The summed E-state index contributed by atoms with van der Waals surface area (Å²) in [4.78, 5) is 10.9. The quantitative estimate of drug-likeness (QED) is 0.291. The van der Waals surface area contributed by atoms with E-state index in [1.54, 1.807) is 5.57 Å². The first-order chi connectivity index (χ1) is 14.5. The molecule has 0 radical (unpaired) electrons. The second-order valence-electron chi connectivity index (χ2n) is 13.1. The van der Waals surface area contributed by atoms with Crippen molar-refractivity contribution in [3.8, 4) is 0 Å².